The molecular formula is C18H20ClN3. The Balaban J connectivity index is 0.00000144. The van der Waals surface area contributed by atoms with Gasteiger partial charge in [-0.2, -0.15) is 5.26 Å². The van der Waals surface area contributed by atoms with Crippen molar-refractivity contribution in [2.75, 3.05) is 0 Å². The van der Waals surface area contributed by atoms with Crippen LogP contribution in [0.1, 0.15) is 47.4 Å². The molecule has 0 spiro atoms. The fourth-order valence-corrected chi connectivity index (χ4v) is 4.31. The van der Waals surface area contributed by atoms with Gasteiger partial charge >= 0.3 is 0 Å². The van der Waals surface area contributed by atoms with E-state index in [0.29, 0.717) is 11.8 Å². The summed E-state index contributed by atoms with van der Waals surface area (Å²) in [6, 6.07) is 6.63. The van der Waals surface area contributed by atoms with E-state index in [0.717, 1.165) is 24.9 Å². The van der Waals surface area contributed by atoms with Crippen molar-refractivity contribution in [1.82, 2.24) is 9.55 Å². The predicted molar refractivity (Wildman–Crippen MR) is 88.1 cm³/mol. The van der Waals surface area contributed by atoms with E-state index in [4.69, 9.17) is 0 Å². The van der Waals surface area contributed by atoms with Gasteiger partial charge in [-0.05, 0) is 66.7 Å². The van der Waals surface area contributed by atoms with Crippen LogP contribution < -0.4 is 0 Å². The molecule has 1 heterocycles. The highest BCUT2D eigenvalue weighted by Gasteiger charge is 2.32. The van der Waals surface area contributed by atoms with Crippen molar-refractivity contribution in [3.05, 3.63) is 53.1 Å². The lowest BCUT2D eigenvalue weighted by molar-refractivity contribution is 0.334. The molecule has 0 bridgehead atoms. The minimum absolute atomic E-state index is 0. The number of hydrogen-bond donors (Lipinski definition) is 0. The Morgan fingerprint density at radius 1 is 1.36 bits per heavy atom. The van der Waals surface area contributed by atoms with Gasteiger partial charge in [-0.25, -0.2) is 4.98 Å². The van der Waals surface area contributed by atoms with Crippen molar-refractivity contribution >= 4 is 12.4 Å². The molecule has 22 heavy (non-hydrogen) atoms. The van der Waals surface area contributed by atoms with E-state index < -0.39 is 0 Å². The quantitative estimate of drug-likeness (QED) is 0.845. The average Bonchev–Trinajstić information content (AvgIpc) is 3.01. The molecule has 3 nitrogen and oxygen atoms in total. The van der Waals surface area contributed by atoms with E-state index in [-0.39, 0.29) is 12.4 Å². The normalized spacial score (nSPS) is 22.3. The van der Waals surface area contributed by atoms with Gasteiger partial charge in [0.15, 0.2) is 0 Å². The summed E-state index contributed by atoms with van der Waals surface area (Å²) in [4.78, 5) is 4.15. The summed E-state index contributed by atoms with van der Waals surface area (Å²) < 4.78 is 2.20. The van der Waals surface area contributed by atoms with E-state index >= 15 is 0 Å². The van der Waals surface area contributed by atoms with Crippen molar-refractivity contribution in [2.24, 2.45) is 5.92 Å². The molecule has 2 aliphatic carbocycles. The highest BCUT2D eigenvalue weighted by molar-refractivity contribution is 5.85. The highest BCUT2D eigenvalue weighted by atomic mass is 35.5. The molecule has 0 radical (unpaired) electrons. The molecule has 4 heteroatoms. The van der Waals surface area contributed by atoms with Crippen LogP contribution in [0.2, 0.25) is 0 Å². The van der Waals surface area contributed by atoms with Crippen molar-refractivity contribution in [2.45, 2.75) is 44.6 Å². The third kappa shape index (κ3) is 2.53. The largest absolute Gasteiger partial charge is 0.337 e. The number of nitrogens with zero attached hydrogens (tertiary/aromatic N) is 3. The maximum absolute atomic E-state index is 9.32. The monoisotopic (exact) mass is 313 g/mol. The van der Waals surface area contributed by atoms with Crippen LogP contribution in [0.25, 0.3) is 0 Å². The maximum atomic E-state index is 9.32. The summed E-state index contributed by atoms with van der Waals surface area (Å²) >= 11 is 0. The first-order valence-electron chi connectivity index (χ1n) is 7.85. The highest BCUT2D eigenvalue weighted by Crippen LogP contribution is 2.44. The minimum Gasteiger partial charge on any atom is -0.337 e. The summed E-state index contributed by atoms with van der Waals surface area (Å²) in [7, 11) is 0. The van der Waals surface area contributed by atoms with Gasteiger partial charge in [0.1, 0.15) is 0 Å². The Labute approximate surface area is 137 Å². The Hall–Kier alpha value is -1.79. The van der Waals surface area contributed by atoms with E-state index in [2.05, 4.69) is 27.9 Å². The molecule has 2 aromatic rings. The van der Waals surface area contributed by atoms with Gasteiger partial charge in [0.05, 0.1) is 18.0 Å². The summed E-state index contributed by atoms with van der Waals surface area (Å²) in [6.07, 6.45) is 11.8. The molecule has 0 amide bonds. The van der Waals surface area contributed by atoms with Crippen LogP contribution in [0.15, 0.2) is 30.9 Å². The second-order valence-electron chi connectivity index (χ2n) is 6.43. The molecule has 0 fully saturated rings. The zero-order chi connectivity index (χ0) is 14.2. The third-order valence-electron chi connectivity index (χ3n) is 5.11. The van der Waals surface area contributed by atoms with Gasteiger partial charge < -0.3 is 4.57 Å². The van der Waals surface area contributed by atoms with Crippen LogP contribution in [-0.4, -0.2) is 9.55 Å². The average molecular weight is 314 g/mol. The number of benzene rings is 1. The van der Waals surface area contributed by atoms with E-state index in [1.807, 2.05) is 18.6 Å². The van der Waals surface area contributed by atoms with Gasteiger partial charge in [-0.3, -0.25) is 0 Å². The fraction of sp³-hybridized carbons (Fsp3) is 0.444. The molecule has 4 rings (SSSR count). The second-order valence-corrected chi connectivity index (χ2v) is 6.43. The van der Waals surface area contributed by atoms with E-state index in [1.54, 1.807) is 0 Å². The Bertz CT molecular complexity index is 700. The molecule has 1 aromatic heterocycles. The molecule has 0 saturated heterocycles. The third-order valence-corrected chi connectivity index (χ3v) is 5.11. The lowest BCUT2D eigenvalue weighted by atomic mass is 9.69. The molecule has 2 atom stereocenters. The summed E-state index contributed by atoms with van der Waals surface area (Å²) in [5, 5.41) is 9.32. The van der Waals surface area contributed by atoms with E-state index in [1.165, 1.54) is 36.0 Å². The van der Waals surface area contributed by atoms with Crippen molar-refractivity contribution < 1.29 is 0 Å². The first-order chi connectivity index (χ1) is 10.3. The maximum Gasteiger partial charge on any atom is 0.0994 e. The van der Waals surface area contributed by atoms with Gasteiger partial charge in [0.25, 0.3) is 0 Å². The number of rotatable bonds is 2. The fourth-order valence-electron chi connectivity index (χ4n) is 4.31. The van der Waals surface area contributed by atoms with Crippen LogP contribution in [0.4, 0.5) is 0 Å². The molecule has 0 aliphatic heterocycles. The first kappa shape index (κ1) is 15.1. The van der Waals surface area contributed by atoms with Crippen molar-refractivity contribution in [3.8, 4) is 6.07 Å². The number of nitriles is 1. The predicted octanol–water partition coefficient (Wildman–Crippen LogP) is 3.86. The second kappa shape index (κ2) is 6.14. The molecular weight excluding hydrogens is 294 g/mol. The Morgan fingerprint density at radius 3 is 3.05 bits per heavy atom. The molecule has 2 unspecified atom stereocenters. The summed E-state index contributed by atoms with van der Waals surface area (Å²) in [5.74, 6) is 1.36. The van der Waals surface area contributed by atoms with Crippen molar-refractivity contribution in [1.29, 1.82) is 5.26 Å². The molecule has 0 N–H and O–H groups in total. The Kier molecular flexibility index (Phi) is 4.22. The van der Waals surface area contributed by atoms with Crippen molar-refractivity contribution in [3.63, 3.8) is 0 Å². The lowest BCUT2D eigenvalue weighted by Crippen LogP contribution is -2.26. The molecule has 2 aliphatic rings. The summed E-state index contributed by atoms with van der Waals surface area (Å²) in [5.41, 5.74) is 5.28. The van der Waals surface area contributed by atoms with Crippen LogP contribution in [0.5, 0.6) is 0 Å². The van der Waals surface area contributed by atoms with Crippen LogP contribution in [0, 0.1) is 17.2 Å². The Morgan fingerprint density at radius 2 is 2.27 bits per heavy atom. The number of aromatic nitrogens is 2. The molecule has 1 aromatic carbocycles. The zero-order valence-electron chi connectivity index (χ0n) is 12.5. The zero-order valence-corrected chi connectivity index (χ0v) is 13.4. The van der Waals surface area contributed by atoms with Gasteiger partial charge in [0.2, 0.25) is 0 Å². The smallest absolute Gasteiger partial charge is 0.0994 e. The number of imidazole rings is 1. The van der Waals surface area contributed by atoms with Crippen LogP contribution in [0.3, 0.4) is 0 Å². The molecule has 0 saturated carbocycles. The number of hydrogen-bond acceptors (Lipinski definition) is 2. The lowest BCUT2D eigenvalue weighted by Gasteiger charge is -2.36. The first-order valence-corrected chi connectivity index (χ1v) is 7.85. The van der Waals surface area contributed by atoms with Crippen LogP contribution >= 0.6 is 12.4 Å². The molecule has 114 valence electrons. The topological polar surface area (TPSA) is 41.6 Å². The van der Waals surface area contributed by atoms with Gasteiger partial charge in [0, 0.05) is 18.9 Å². The SMILES string of the molecule is Cl.N#Cc1ccc2c3c1CCCC3CC(Cn1ccnc1)C2. The minimum atomic E-state index is 0. The standard InChI is InChI=1S/C18H19N3.ClH/c19-10-16-5-4-15-9-13(11-21-7-6-20-12-21)8-14-2-1-3-17(16)18(14)15;/h4-7,12-14H,1-3,8-9,11H2;1H. The summed E-state index contributed by atoms with van der Waals surface area (Å²) in [6.45, 7) is 1.06. The van der Waals surface area contributed by atoms with E-state index in [9.17, 15) is 5.26 Å². The van der Waals surface area contributed by atoms with Gasteiger partial charge in [-0.1, -0.05) is 6.07 Å². The van der Waals surface area contributed by atoms with Gasteiger partial charge in [-0.15, -0.1) is 12.4 Å². The number of halogens is 1. The van der Waals surface area contributed by atoms with Crippen LogP contribution in [-0.2, 0) is 19.4 Å².